The van der Waals surface area contributed by atoms with E-state index in [0.29, 0.717) is 41.7 Å². The minimum Gasteiger partial charge on any atom is -0.507 e. The maximum Gasteiger partial charge on any atom is 0.300 e. The average Bonchev–Trinajstić information content (AvgIpc) is 3.18. The Kier molecular flexibility index (Phi) is 8.38. The van der Waals surface area contributed by atoms with Gasteiger partial charge < -0.3 is 24.6 Å². The van der Waals surface area contributed by atoms with Gasteiger partial charge in [-0.1, -0.05) is 19.9 Å². The van der Waals surface area contributed by atoms with Crippen LogP contribution in [0.4, 0.5) is 11.4 Å². The molecule has 1 heterocycles. The number of aryl methyl sites for hydroxylation is 1. The molecular formula is C32H36N2O6. The predicted molar refractivity (Wildman–Crippen MR) is 156 cm³/mol. The molecule has 0 aliphatic carbocycles. The van der Waals surface area contributed by atoms with E-state index >= 15 is 0 Å². The van der Waals surface area contributed by atoms with Crippen molar-refractivity contribution >= 4 is 28.8 Å². The third-order valence-corrected chi connectivity index (χ3v) is 6.71. The van der Waals surface area contributed by atoms with Gasteiger partial charge in [0.25, 0.3) is 11.7 Å². The lowest BCUT2D eigenvalue weighted by molar-refractivity contribution is -0.132. The van der Waals surface area contributed by atoms with Crippen LogP contribution >= 0.6 is 0 Å². The van der Waals surface area contributed by atoms with Gasteiger partial charge in [-0.15, -0.1) is 0 Å². The zero-order valence-electron chi connectivity index (χ0n) is 23.8. The predicted octanol–water partition coefficient (Wildman–Crippen LogP) is 5.83. The second-order valence-corrected chi connectivity index (χ2v) is 10.4. The number of anilines is 2. The van der Waals surface area contributed by atoms with Gasteiger partial charge in [0.2, 0.25) is 0 Å². The molecule has 0 bridgehead atoms. The van der Waals surface area contributed by atoms with E-state index in [1.54, 1.807) is 49.4 Å². The number of aliphatic hydroxyl groups is 1. The number of aromatic hydroxyl groups is 1. The normalized spacial score (nSPS) is 16.5. The number of phenols is 1. The van der Waals surface area contributed by atoms with Crippen molar-refractivity contribution in [3.05, 3.63) is 82.9 Å². The molecule has 1 atom stereocenters. The monoisotopic (exact) mass is 544 g/mol. The standard InChI is InChI=1S/C32H36N2O6/c1-7-39-27-17-21(8-14-25(27)35)29-28(30(36)22-9-15-26(20(4)16-22)40-18-19(2)3)31(37)32(38)34(29)24-12-10-23(11-13-24)33(5)6/h8-17,19,29,35-36H,7,18H2,1-6H3/b30-28-. The van der Waals surface area contributed by atoms with E-state index in [-0.39, 0.29) is 22.8 Å². The zero-order chi connectivity index (χ0) is 29.1. The number of aliphatic hydroxyl groups excluding tert-OH is 1. The Morgan fingerprint density at radius 1 is 0.975 bits per heavy atom. The maximum absolute atomic E-state index is 13.5. The Morgan fingerprint density at radius 2 is 1.68 bits per heavy atom. The molecular weight excluding hydrogens is 508 g/mol. The van der Waals surface area contributed by atoms with Crippen LogP contribution in [-0.4, -0.2) is 49.2 Å². The molecule has 210 valence electrons. The van der Waals surface area contributed by atoms with Crippen molar-refractivity contribution in [3.63, 3.8) is 0 Å². The third kappa shape index (κ3) is 5.61. The second kappa shape index (κ2) is 11.7. The molecule has 0 saturated carbocycles. The highest BCUT2D eigenvalue weighted by molar-refractivity contribution is 6.51. The molecule has 1 aliphatic rings. The van der Waals surface area contributed by atoms with Gasteiger partial charge in [-0.05, 0) is 85.5 Å². The number of nitrogens with zero attached hydrogens (tertiary/aromatic N) is 2. The van der Waals surface area contributed by atoms with E-state index < -0.39 is 17.7 Å². The summed E-state index contributed by atoms with van der Waals surface area (Å²) in [6.07, 6.45) is 0. The van der Waals surface area contributed by atoms with Gasteiger partial charge in [0.05, 0.1) is 24.8 Å². The quantitative estimate of drug-likeness (QED) is 0.199. The van der Waals surface area contributed by atoms with Crippen molar-refractivity contribution in [1.29, 1.82) is 0 Å². The van der Waals surface area contributed by atoms with Gasteiger partial charge in [0.1, 0.15) is 11.5 Å². The fourth-order valence-corrected chi connectivity index (χ4v) is 4.67. The van der Waals surface area contributed by atoms with Crippen molar-refractivity contribution in [2.24, 2.45) is 5.92 Å². The first kappa shape index (κ1) is 28.5. The molecule has 0 spiro atoms. The zero-order valence-corrected chi connectivity index (χ0v) is 23.8. The number of ether oxygens (including phenoxy) is 2. The summed E-state index contributed by atoms with van der Waals surface area (Å²) in [6.45, 7) is 8.64. The lowest BCUT2D eigenvalue weighted by Crippen LogP contribution is -2.29. The Labute approximate surface area is 235 Å². The van der Waals surface area contributed by atoms with Crippen LogP contribution in [-0.2, 0) is 9.59 Å². The summed E-state index contributed by atoms with van der Waals surface area (Å²) in [5, 5.41) is 21.8. The Morgan fingerprint density at radius 3 is 2.27 bits per heavy atom. The highest BCUT2D eigenvalue weighted by Gasteiger charge is 2.47. The molecule has 40 heavy (non-hydrogen) atoms. The number of benzene rings is 3. The van der Waals surface area contributed by atoms with Crippen molar-refractivity contribution in [2.75, 3.05) is 37.1 Å². The van der Waals surface area contributed by atoms with E-state index in [4.69, 9.17) is 9.47 Å². The number of phenolic OH excluding ortho intramolecular Hbond substituents is 1. The molecule has 4 rings (SSSR count). The summed E-state index contributed by atoms with van der Waals surface area (Å²) in [6, 6.07) is 16.1. The van der Waals surface area contributed by atoms with Crippen molar-refractivity contribution in [3.8, 4) is 17.2 Å². The van der Waals surface area contributed by atoms with Crippen molar-refractivity contribution in [1.82, 2.24) is 0 Å². The first-order valence-corrected chi connectivity index (χ1v) is 13.3. The van der Waals surface area contributed by atoms with Crippen LogP contribution in [0.15, 0.2) is 66.2 Å². The van der Waals surface area contributed by atoms with Crippen LogP contribution in [0.1, 0.15) is 43.5 Å². The van der Waals surface area contributed by atoms with Crippen molar-refractivity contribution < 1.29 is 29.3 Å². The van der Waals surface area contributed by atoms with Gasteiger partial charge in [-0.3, -0.25) is 14.5 Å². The topological polar surface area (TPSA) is 99.5 Å². The number of amides is 1. The SMILES string of the molecule is CCOc1cc(C2/C(=C(/O)c3ccc(OCC(C)C)c(C)c3)C(=O)C(=O)N2c2ccc(N(C)C)cc2)ccc1O. The molecule has 2 N–H and O–H groups in total. The van der Waals surface area contributed by atoms with Crippen LogP contribution in [0.25, 0.3) is 5.76 Å². The Hall–Kier alpha value is -4.46. The van der Waals surface area contributed by atoms with Crippen LogP contribution in [0.5, 0.6) is 17.2 Å². The lowest BCUT2D eigenvalue weighted by atomic mass is 9.94. The number of ketones is 1. The molecule has 1 amide bonds. The van der Waals surface area contributed by atoms with E-state index in [1.165, 1.54) is 11.0 Å². The van der Waals surface area contributed by atoms with E-state index in [0.717, 1.165) is 11.3 Å². The highest BCUT2D eigenvalue weighted by Crippen LogP contribution is 2.44. The highest BCUT2D eigenvalue weighted by atomic mass is 16.5. The fourth-order valence-electron chi connectivity index (χ4n) is 4.67. The second-order valence-electron chi connectivity index (χ2n) is 10.4. The Bertz CT molecular complexity index is 1440. The molecule has 0 radical (unpaired) electrons. The number of hydrogen-bond acceptors (Lipinski definition) is 7. The molecule has 1 unspecified atom stereocenters. The molecule has 3 aromatic carbocycles. The largest absolute Gasteiger partial charge is 0.507 e. The maximum atomic E-state index is 13.5. The third-order valence-electron chi connectivity index (χ3n) is 6.71. The van der Waals surface area contributed by atoms with E-state index in [9.17, 15) is 19.8 Å². The molecule has 0 aromatic heterocycles. The summed E-state index contributed by atoms with van der Waals surface area (Å²) in [7, 11) is 3.82. The van der Waals surface area contributed by atoms with Crippen LogP contribution < -0.4 is 19.3 Å². The number of hydrogen-bond donors (Lipinski definition) is 2. The first-order chi connectivity index (χ1) is 19.0. The van der Waals surface area contributed by atoms with Gasteiger partial charge in [-0.2, -0.15) is 0 Å². The average molecular weight is 545 g/mol. The van der Waals surface area contributed by atoms with Gasteiger partial charge in [0, 0.05) is 31.0 Å². The molecule has 3 aromatic rings. The van der Waals surface area contributed by atoms with Crippen molar-refractivity contribution in [2.45, 2.75) is 33.7 Å². The van der Waals surface area contributed by atoms with Crippen LogP contribution in [0.2, 0.25) is 0 Å². The summed E-state index contributed by atoms with van der Waals surface area (Å²) >= 11 is 0. The summed E-state index contributed by atoms with van der Waals surface area (Å²) in [4.78, 5) is 30.4. The van der Waals surface area contributed by atoms with Crippen LogP contribution in [0.3, 0.4) is 0 Å². The molecule has 8 heteroatoms. The number of Topliss-reactive ketones (excluding diaryl/α,β-unsaturated/α-hetero) is 1. The van der Waals surface area contributed by atoms with E-state index in [1.807, 2.05) is 38.1 Å². The summed E-state index contributed by atoms with van der Waals surface area (Å²) < 4.78 is 11.5. The minimum absolute atomic E-state index is 0.0509. The number of rotatable bonds is 9. The number of carbonyl (C=O) groups is 2. The summed E-state index contributed by atoms with van der Waals surface area (Å²) in [5.74, 6) is -0.668. The fraction of sp³-hybridized carbons (Fsp3) is 0.312. The minimum atomic E-state index is -0.956. The molecule has 1 saturated heterocycles. The van der Waals surface area contributed by atoms with Gasteiger partial charge in [-0.25, -0.2) is 0 Å². The van der Waals surface area contributed by atoms with Gasteiger partial charge >= 0.3 is 0 Å². The Balaban J connectivity index is 1.87. The van der Waals surface area contributed by atoms with E-state index in [2.05, 4.69) is 13.8 Å². The number of carbonyl (C=O) groups excluding carboxylic acids is 2. The van der Waals surface area contributed by atoms with Gasteiger partial charge in [0.15, 0.2) is 11.5 Å². The first-order valence-electron chi connectivity index (χ1n) is 13.3. The molecule has 8 nitrogen and oxygen atoms in total. The summed E-state index contributed by atoms with van der Waals surface area (Å²) in [5.41, 5.74) is 3.06. The lowest BCUT2D eigenvalue weighted by Gasteiger charge is -2.26. The van der Waals surface area contributed by atoms with Crippen LogP contribution in [0, 0.1) is 12.8 Å². The smallest absolute Gasteiger partial charge is 0.300 e. The molecule has 1 fully saturated rings. The molecule has 1 aliphatic heterocycles.